The first kappa shape index (κ1) is 18.1. The molecule has 0 saturated heterocycles. The topological polar surface area (TPSA) is 71.8 Å². The number of carbonyl (C=O) groups excluding carboxylic acids is 2. The smallest absolute Gasteiger partial charge is 0.338 e. The van der Waals surface area contributed by atoms with E-state index in [0.29, 0.717) is 27.8 Å². The fourth-order valence-corrected chi connectivity index (χ4v) is 3.06. The van der Waals surface area contributed by atoms with E-state index in [-0.39, 0.29) is 12.6 Å². The standard InChI is InChI=1S/C19H19ClN2O4/c1-4-25-18(23)16-11(2)22(3)19(24)21-17(16)15-10-9-14(26-15)12-7-5-6-8-13(12)20/h5-10,17H,4H2,1-3H3,(H,21,24)/t17-/m1/s1. The summed E-state index contributed by atoms with van der Waals surface area (Å²) in [5.74, 6) is 0.501. The highest BCUT2D eigenvalue weighted by atomic mass is 35.5. The van der Waals surface area contributed by atoms with E-state index in [0.717, 1.165) is 5.56 Å². The van der Waals surface area contributed by atoms with Gasteiger partial charge in [0.25, 0.3) is 0 Å². The van der Waals surface area contributed by atoms with Crippen molar-refractivity contribution in [1.82, 2.24) is 10.2 Å². The lowest BCUT2D eigenvalue weighted by Crippen LogP contribution is -2.46. The Balaban J connectivity index is 2.03. The van der Waals surface area contributed by atoms with Crippen molar-refractivity contribution in [3.63, 3.8) is 0 Å². The molecule has 1 aliphatic rings. The van der Waals surface area contributed by atoms with Crippen LogP contribution in [0.25, 0.3) is 11.3 Å². The molecule has 26 heavy (non-hydrogen) atoms. The number of benzene rings is 1. The fraction of sp³-hybridized carbons (Fsp3) is 0.263. The van der Waals surface area contributed by atoms with Gasteiger partial charge >= 0.3 is 12.0 Å². The van der Waals surface area contributed by atoms with Crippen molar-refractivity contribution >= 4 is 23.6 Å². The van der Waals surface area contributed by atoms with Gasteiger partial charge in [-0.15, -0.1) is 0 Å². The second kappa shape index (κ2) is 7.25. The summed E-state index contributed by atoms with van der Waals surface area (Å²) in [7, 11) is 1.59. The van der Waals surface area contributed by atoms with Crippen LogP contribution in [0.3, 0.4) is 0 Å². The zero-order valence-electron chi connectivity index (χ0n) is 14.7. The first-order chi connectivity index (χ1) is 12.4. The van der Waals surface area contributed by atoms with Gasteiger partial charge < -0.3 is 19.4 Å². The van der Waals surface area contributed by atoms with Gasteiger partial charge in [-0.25, -0.2) is 9.59 Å². The summed E-state index contributed by atoms with van der Waals surface area (Å²) in [6.07, 6.45) is 0. The number of nitrogens with one attached hydrogen (secondary N) is 1. The van der Waals surface area contributed by atoms with Crippen LogP contribution >= 0.6 is 11.6 Å². The molecule has 2 amide bonds. The first-order valence-corrected chi connectivity index (χ1v) is 8.58. The molecule has 1 aliphatic heterocycles. The molecule has 7 heteroatoms. The van der Waals surface area contributed by atoms with Crippen LogP contribution in [0.5, 0.6) is 0 Å². The van der Waals surface area contributed by atoms with Crippen LogP contribution in [0.1, 0.15) is 25.6 Å². The number of rotatable bonds is 4. The predicted molar refractivity (Wildman–Crippen MR) is 97.5 cm³/mol. The van der Waals surface area contributed by atoms with Crippen molar-refractivity contribution in [3.05, 3.63) is 58.5 Å². The highest BCUT2D eigenvalue weighted by Gasteiger charge is 2.36. The summed E-state index contributed by atoms with van der Waals surface area (Å²) in [5.41, 5.74) is 1.60. The second-order valence-corrected chi connectivity index (χ2v) is 6.25. The lowest BCUT2D eigenvalue weighted by Gasteiger charge is -2.31. The van der Waals surface area contributed by atoms with Gasteiger partial charge in [0.15, 0.2) is 0 Å². The van der Waals surface area contributed by atoms with Gasteiger partial charge in [0.2, 0.25) is 0 Å². The van der Waals surface area contributed by atoms with Gasteiger partial charge in [0.1, 0.15) is 17.6 Å². The van der Waals surface area contributed by atoms with Gasteiger partial charge in [-0.05, 0) is 38.1 Å². The molecule has 0 aliphatic carbocycles. The summed E-state index contributed by atoms with van der Waals surface area (Å²) in [6.45, 7) is 3.68. The Labute approximate surface area is 156 Å². The molecule has 1 aromatic heterocycles. The second-order valence-electron chi connectivity index (χ2n) is 5.84. The lowest BCUT2D eigenvalue weighted by atomic mass is 10.00. The highest BCUT2D eigenvalue weighted by Crippen LogP contribution is 2.35. The summed E-state index contributed by atoms with van der Waals surface area (Å²) in [5, 5.41) is 3.34. The molecule has 0 spiro atoms. The molecule has 2 aromatic rings. The third kappa shape index (κ3) is 3.20. The van der Waals surface area contributed by atoms with Crippen molar-refractivity contribution in [2.24, 2.45) is 0 Å². The Kier molecular flexibility index (Phi) is 5.04. The van der Waals surface area contributed by atoms with Gasteiger partial charge in [-0.2, -0.15) is 0 Å². The quantitative estimate of drug-likeness (QED) is 0.816. The molecule has 136 valence electrons. The van der Waals surface area contributed by atoms with Crippen LogP contribution < -0.4 is 5.32 Å². The van der Waals surface area contributed by atoms with E-state index in [1.165, 1.54) is 4.90 Å². The Hall–Kier alpha value is -2.73. The van der Waals surface area contributed by atoms with Crippen molar-refractivity contribution < 1.29 is 18.7 Å². The van der Waals surface area contributed by atoms with E-state index >= 15 is 0 Å². The number of hydrogen-bond acceptors (Lipinski definition) is 4. The average Bonchev–Trinajstić information content (AvgIpc) is 3.09. The third-order valence-electron chi connectivity index (χ3n) is 4.30. The molecular weight excluding hydrogens is 356 g/mol. The molecule has 0 unspecified atom stereocenters. The van der Waals surface area contributed by atoms with Crippen molar-refractivity contribution in [3.8, 4) is 11.3 Å². The van der Waals surface area contributed by atoms with Crippen LogP contribution in [0.4, 0.5) is 4.79 Å². The minimum atomic E-state index is -0.728. The molecule has 2 heterocycles. The first-order valence-electron chi connectivity index (χ1n) is 8.20. The molecule has 1 aromatic carbocycles. The van der Waals surface area contributed by atoms with E-state index in [1.807, 2.05) is 18.2 Å². The van der Waals surface area contributed by atoms with Crippen LogP contribution in [0, 0.1) is 0 Å². The lowest BCUT2D eigenvalue weighted by molar-refractivity contribution is -0.139. The Morgan fingerprint density at radius 1 is 1.31 bits per heavy atom. The number of ether oxygens (including phenoxy) is 1. The molecule has 0 bridgehead atoms. The number of esters is 1. The summed E-state index contributed by atoms with van der Waals surface area (Å²) >= 11 is 6.22. The van der Waals surface area contributed by atoms with E-state index in [1.54, 1.807) is 39.1 Å². The molecule has 6 nitrogen and oxygen atoms in total. The number of furan rings is 1. The molecule has 0 fully saturated rings. The number of carbonyl (C=O) groups is 2. The Bertz CT molecular complexity index is 887. The maximum Gasteiger partial charge on any atom is 0.338 e. The van der Waals surface area contributed by atoms with Crippen LogP contribution in [0.2, 0.25) is 5.02 Å². The molecule has 1 N–H and O–H groups in total. The number of allylic oxidation sites excluding steroid dienone is 1. The minimum Gasteiger partial charge on any atom is -0.463 e. The maximum atomic E-state index is 12.5. The SMILES string of the molecule is CCOC(=O)C1=C(C)N(C)C(=O)N[C@@H]1c1ccc(-c2ccccc2Cl)o1. The van der Waals surface area contributed by atoms with Crippen molar-refractivity contribution in [2.45, 2.75) is 19.9 Å². The highest BCUT2D eigenvalue weighted by molar-refractivity contribution is 6.33. The zero-order chi connectivity index (χ0) is 18.8. The summed E-state index contributed by atoms with van der Waals surface area (Å²) < 4.78 is 11.1. The Morgan fingerprint density at radius 3 is 2.73 bits per heavy atom. The minimum absolute atomic E-state index is 0.239. The number of urea groups is 1. The molecule has 0 radical (unpaired) electrons. The van der Waals surface area contributed by atoms with Crippen molar-refractivity contribution in [2.75, 3.05) is 13.7 Å². The van der Waals surface area contributed by atoms with E-state index in [2.05, 4.69) is 5.32 Å². The number of amides is 2. The average molecular weight is 375 g/mol. The summed E-state index contributed by atoms with van der Waals surface area (Å²) in [6, 6.07) is 9.73. The van der Waals surface area contributed by atoms with Crippen LogP contribution in [-0.2, 0) is 9.53 Å². The Morgan fingerprint density at radius 2 is 2.04 bits per heavy atom. The largest absolute Gasteiger partial charge is 0.463 e. The van der Waals surface area contributed by atoms with Gasteiger partial charge in [0, 0.05) is 18.3 Å². The summed E-state index contributed by atoms with van der Waals surface area (Å²) in [4.78, 5) is 26.0. The fourth-order valence-electron chi connectivity index (χ4n) is 2.84. The number of nitrogens with zero attached hydrogens (tertiary/aromatic N) is 1. The van der Waals surface area contributed by atoms with Crippen molar-refractivity contribution in [1.29, 1.82) is 0 Å². The van der Waals surface area contributed by atoms with E-state index in [9.17, 15) is 9.59 Å². The normalized spacial score (nSPS) is 17.3. The van der Waals surface area contributed by atoms with Gasteiger partial charge in [0.05, 0.1) is 17.2 Å². The maximum absolute atomic E-state index is 12.5. The molecular formula is C19H19ClN2O4. The van der Waals surface area contributed by atoms with Gasteiger partial charge in [-0.3, -0.25) is 0 Å². The van der Waals surface area contributed by atoms with Gasteiger partial charge in [-0.1, -0.05) is 23.7 Å². The molecule has 0 saturated carbocycles. The monoisotopic (exact) mass is 374 g/mol. The predicted octanol–water partition coefficient (Wildman–Crippen LogP) is 4.13. The van der Waals surface area contributed by atoms with Crippen LogP contribution in [0.15, 0.2) is 52.1 Å². The zero-order valence-corrected chi connectivity index (χ0v) is 15.5. The molecule has 1 atom stereocenters. The third-order valence-corrected chi connectivity index (χ3v) is 4.63. The van der Waals surface area contributed by atoms with Crippen LogP contribution in [-0.4, -0.2) is 30.6 Å². The molecule has 3 rings (SSSR count). The van der Waals surface area contributed by atoms with E-state index in [4.69, 9.17) is 20.8 Å². The number of halogens is 1. The van der Waals surface area contributed by atoms with E-state index < -0.39 is 12.0 Å². The number of hydrogen-bond donors (Lipinski definition) is 1.